The van der Waals surface area contributed by atoms with Gasteiger partial charge in [0, 0.05) is 29.0 Å². The first-order valence-corrected chi connectivity index (χ1v) is 9.38. The fourth-order valence-corrected chi connectivity index (χ4v) is 3.35. The van der Waals surface area contributed by atoms with Gasteiger partial charge in [-0.15, -0.1) is 0 Å². The third kappa shape index (κ3) is 4.17. The van der Waals surface area contributed by atoms with E-state index in [-0.39, 0.29) is 5.56 Å². The molecule has 4 rings (SSSR count). The number of nitrogens with one attached hydrogen (secondary N) is 1. The second kappa shape index (κ2) is 7.48. The maximum absolute atomic E-state index is 12.0. The zero-order chi connectivity index (χ0) is 20.4. The number of aryl methyl sites for hydroxylation is 1. The summed E-state index contributed by atoms with van der Waals surface area (Å²) in [5.41, 5.74) is 9.42. The first kappa shape index (κ1) is 18.8. The molecule has 2 aromatic heterocycles. The summed E-state index contributed by atoms with van der Waals surface area (Å²) in [6.07, 6.45) is 3.87. The quantitative estimate of drug-likeness (QED) is 0.544. The van der Waals surface area contributed by atoms with Crippen molar-refractivity contribution in [1.29, 1.82) is 0 Å². The molecule has 0 fully saturated rings. The minimum absolute atomic E-state index is 0.0821. The number of aromatic amines is 1. The minimum Gasteiger partial charge on any atom is -0.424 e. The smallest absolute Gasteiger partial charge is 0.321 e. The molecule has 1 atom stereocenters. The van der Waals surface area contributed by atoms with E-state index in [1.807, 2.05) is 55.5 Å². The number of ether oxygens (including phenoxy) is 1. The molecule has 4 aromatic rings. The number of H-pyrrole nitrogens is 1. The van der Waals surface area contributed by atoms with Gasteiger partial charge in [0.05, 0.1) is 0 Å². The lowest BCUT2D eigenvalue weighted by atomic mass is 9.86. The summed E-state index contributed by atoms with van der Waals surface area (Å²) >= 11 is 0. The Morgan fingerprint density at radius 3 is 2.66 bits per heavy atom. The molecule has 0 radical (unpaired) electrons. The number of rotatable bonds is 5. The normalized spacial score (nSPS) is 13.2. The number of fused-ring (bicyclic) bond motifs is 1. The molecule has 0 amide bonds. The van der Waals surface area contributed by atoms with Crippen LogP contribution in [0.4, 0.5) is 0 Å². The molecule has 6 heteroatoms. The molecule has 0 spiro atoms. The SMILES string of the molecule is Cc1cc2ccc(C(C)(N)Cc3cccc(Oc4ncccn4)c3)cc2[nH]c1=O. The Morgan fingerprint density at radius 1 is 1.07 bits per heavy atom. The summed E-state index contributed by atoms with van der Waals surface area (Å²) in [6, 6.07) is 17.6. The van der Waals surface area contributed by atoms with Gasteiger partial charge in [-0.25, -0.2) is 9.97 Å². The molecule has 0 aliphatic carbocycles. The van der Waals surface area contributed by atoms with Gasteiger partial charge in [0.25, 0.3) is 5.56 Å². The van der Waals surface area contributed by atoms with E-state index in [4.69, 9.17) is 10.5 Å². The largest absolute Gasteiger partial charge is 0.424 e. The number of hydrogen-bond acceptors (Lipinski definition) is 5. The van der Waals surface area contributed by atoms with Crippen LogP contribution in [0.25, 0.3) is 10.9 Å². The van der Waals surface area contributed by atoms with Gasteiger partial charge in [0.15, 0.2) is 0 Å². The van der Waals surface area contributed by atoms with Crippen LogP contribution in [0.5, 0.6) is 11.8 Å². The highest BCUT2D eigenvalue weighted by molar-refractivity contribution is 5.79. The highest BCUT2D eigenvalue weighted by atomic mass is 16.5. The summed E-state index contributed by atoms with van der Waals surface area (Å²) in [7, 11) is 0. The number of nitrogens with zero attached hydrogens (tertiary/aromatic N) is 2. The third-order valence-corrected chi connectivity index (χ3v) is 4.91. The maximum atomic E-state index is 12.0. The van der Waals surface area contributed by atoms with Crippen molar-refractivity contribution in [1.82, 2.24) is 15.0 Å². The zero-order valence-electron chi connectivity index (χ0n) is 16.3. The second-order valence-electron chi connectivity index (χ2n) is 7.46. The third-order valence-electron chi connectivity index (χ3n) is 4.91. The Hall–Kier alpha value is -3.51. The second-order valence-corrected chi connectivity index (χ2v) is 7.46. The molecule has 0 saturated carbocycles. The number of benzene rings is 2. The van der Waals surface area contributed by atoms with E-state index in [0.29, 0.717) is 23.7 Å². The van der Waals surface area contributed by atoms with E-state index in [1.165, 1.54) is 0 Å². The average Bonchev–Trinajstić information content (AvgIpc) is 2.69. The molecule has 2 heterocycles. The van der Waals surface area contributed by atoms with Crippen molar-refractivity contribution < 1.29 is 4.74 Å². The van der Waals surface area contributed by atoms with Gasteiger partial charge in [-0.05, 0) is 67.1 Å². The molecule has 6 nitrogen and oxygen atoms in total. The Morgan fingerprint density at radius 2 is 1.86 bits per heavy atom. The van der Waals surface area contributed by atoms with E-state index in [2.05, 4.69) is 15.0 Å². The predicted molar refractivity (Wildman–Crippen MR) is 113 cm³/mol. The summed E-state index contributed by atoms with van der Waals surface area (Å²) in [5, 5.41) is 0.986. The van der Waals surface area contributed by atoms with Crippen LogP contribution in [0.15, 0.2) is 71.8 Å². The van der Waals surface area contributed by atoms with E-state index >= 15 is 0 Å². The molecule has 3 N–H and O–H groups in total. The lowest BCUT2D eigenvalue weighted by molar-refractivity contribution is 0.439. The van der Waals surface area contributed by atoms with Crippen LogP contribution < -0.4 is 16.0 Å². The van der Waals surface area contributed by atoms with Gasteiger partial charge in [0.2, 0.25) is 0 Å². The van der Waals surface area contributed by atoms with Gasteiger partial charge >= 0.3 is 6.01 Å². The van der Waals surface area contributed by atoms with Crippen LogP contribution in [0.1, 0.15) is 23.6 Å². The standard InChI is InChI=1S/C23H22N4O2/c1-15-11-17-7-8-18(13-20(17)27-21(15)28)23(2,24)14-16-5-3-6-19(12-16)29-22-25-9-4-10-26-22/h3-13H,14,24H2,1-2H3,(H,27,28). The molecule has 0 aliphatic rings. The Labute approximate surface area is 168 Å². The van der Waals surface area contributed by atoms with Gasteiger partial charge in [-0.1, -0.05) is 24.3 Å². The zero-order valence-corrected chi connectivity index (χ0v) is 16.3. The number of pyridine rings is 1. The van der Waals surface area contributed by atoms with Crippen LogP contribution in [-0.2, 0) is 12.0 Å². The fraction of sp³-hybridized carbons (Fsp3) is 0.174. The molecular weight excluding hydrogens is 364 g/mol. The van der Waals surface area contributed by atoms with Gasteiger partial charge < -0.3 is 15.5 Å². The lowest BCUT2D eigenvalue weighted by Gasteiger charge is -2.26. The molecule has 0 bridgehead atoms. The van der Waals surface area contributed by atoms with E-state index in [0.717, 1.165) is 22.0 Å². The Balaban J connectivity index is 1.60. The number of nitrogens with two attached hydrogens (primary N) is 1. The average molecular weight is 386 g/mol. The van der Waals surface area contributed by atoms with E-state index < -0.39 is 5.54 Å². The summed E-state index contributed by atoms with van der Waals surface area (Å²) < 4.78 is 5.72. The van der Waals surface area contributed by atoms with Gasteiger partial charge in [0.1, 0.15) is 5.75 Å². The monoisotopic (exact) mass is 386 g/mol. The minimum atomic E-state index is -0.627. The summed E-state index contributed by atoms with van der Waals surface area (Å²) in [4.78, 5) is 23.0. The van der Waals surface area contributed by atoms with Crippen molar-refractivity contribution in [2.45, 2.75) is 25.8 Å². The fourth-order valence-electron chi connectivity index (χ4n) is 3.35. The highest BCUT2D eigenvalue weighted by Gasteiger charge is 2.22. The van der Waals surface area contributed by atoms with Crippen LogP contribution in [0, 0.1) is 6.92 Å². The molecule has 29 heavy (non-hydrogen) atoms. The molecular formula is C23H22N4O2. The summed E-state index contributed by atoms with van der Waals surface area (Å²) in [6.45, 7) is 3.78. The van der Waals surface area contributed by atoms with E-state index in [9.17, 15) is 4.79 Å². The Bertz CT molecular complexity index is 1220. The van der Waals surface area contributed by atoms with E-state index in [1.54, 1.807) is 25.4 Å². The first-order valence-electron chi connectivity index (χ1n) is 9.38. The predicted octanol–water partition coefficient (Wildman–Crippen LogP) is 3.84. The number of aromatic nitrogens is 3. The van der Waals surface area contributed by atoms with Crippen molar-refractivity contribution in [3.05, 3.63) is 94.0 Å². The first-order chi connectivity index (χ1) is 13.9. The van der Waals surface area contributed by atoms with Crippen molar-refractivity contribution >= 4 is 10.9 Å². The number of hydrogen-bond donors (Lipinski definition) is 2. The van der Waals surface area contributed by atoms with Crippen LogP contribution in [0.2, 0.25) is 0 Å². The van der Waals surface area contributed by atoms with Crippen molar-refractivity contribution in [3.63, 3.8) is 0 Å². The maximum Gasteiger partial charge on any atom is 0.321 e. The van der Waals surface area contributed by atoms with Crippen LogP contribution in [0.3, 0.4) is 0 Å². The lowest BCUT2D eigenvalue weighted by Crippen LogP contribution is -2.35. The highest BCUT2D eigenvalue weighted by Crippen LogP contribution is 2.27. The topological polar surface area (TPSA) is 93.9 Å². The molecule has 2 aromatic carbocycles. The van der Waals surface area contributed by atoms with Crippen LogP contribution in [-0.4, -0.2) is 15.0 Å². The van der Waals surface area contributed by atoms with Gasteiger partial charge in [-0.2, -0.15) is 0 Å². The summed E-state index contributed by atoms with van der Waals surface area (Å²) in [5.74, 6) is 0.655. The molecule has 0 saturated heterocycles. The van der Waals surface area contributed by atoms with Crippen molar-refractivity contribution in [3.8, 4) is 11.8 Å². The van der Waals surface area contributed by atoms with Gasteiger partial charge in [-0.3, -0.25) is 4.79 Å². The van der Waals surface area contributed by atoms with Crippen molar-refractivity contribution in [2.24, 2.45) is 5.73 Å². The molecule has 1 unspecified atom stereocenters. The van der Waals surface area contributed by atoms with Crippen LogP contribution >= 0.6 is 0 Å². The molecule has 0 aliphatic heterocycles. The molecule has 146 valence electrons. The van der Waals surface area contributed by atoms with Crippen molar-refractivity contribution in [2.75, 3.05) is 0 Å². The Kier molecular flexibility index (Phi) is 4.86.